The highest BCUT2D eigenvalue weighted by atomic mass is 28.3. The molecule has 0 spiro atoms. The first-order valence-corrected chi connectivity index (χ1v) is 9.41. The van der Waals surface area contributed by atoms with Gasteiger partial charge in [0, 0.05) is 21.6 Å². The summed E-state index contributed by atoms with van der Waals surface area (Å²) in [5, 5.41) is 2.14. The van der Waals surface area contributed by atoms with Crippen LogP contribution in [-0.2, 0) is 9.59 Å². The Balaban J connectivity index is 0.000000428. The molecular formula is C16H27NO2Si. The number of hydrogen-bond donors (Lipinski definition) is 1. The molecule has 0 radical (unpaired) electrons. The molecule has 0 bridgehead atoms. The number of allylic oxidation sites excluding steroid dienone is 3. The van der Waals surface area contributed by atoms with E-state index in [0.29, 0.717) is 12.8 Å². The minimum absolute atomic E-state index is 0.148. The summed E-state index contributed by atoms with van der Waals surface area (Å²) in [7, 11) is -0.706. The lowest BCUT2D eigenvalue weighted by Crippen LogP contribution is -2.18. The van der Waals surface area contributed by atoms with Crippen molar-refractivity contribution in [3.8, 4) is 0 Å². The number of rotatable bonds is 6. The van der Waals surface area contributed by atoms with Crippen LogP contribution >= 0.6 is 0 Å². The molecule has 1 aliphatic heterocycles. The zero-order valence-corrected chi connectivity index (χ0v) is 14.2. The quantitative estimate of drug-likeness (QED) is 0.464. The van der Waals surface area contributed by atoms with Crippen LogP contribution in [0.25, 0.3) is 0 Å². The second kappa shape index (κ2) is 9.48. The summed E-state index contributed by atoms with van der Waals surface area (Å²) in [5.41, 5.74) is 3.96. The van der Waals surface area contributed by atoms with Crippen molar-refractivity contribution in [1.29, 1.82) is 0 Å². The van der Waals surface area contributed by atoms with Crippen LogP contribution in [0.3, 0.4) is 0 Å². The van der Waals surface area contributed by atoms with Gasteiger partial charge in [0.2, 0.25) is 11.8 Å². The summed E-state index contributed by atoms with van der Waals surface area (Å²) in [5.74, 6) is -0.296. The molecule has 0 saturated carbocycles. The van der Waals surface area contributed by atoms with E-state index in [1.165, 1.54) is 34.9 Å². The van der Waals surface area contributed by atoms with Gasteiger partial charge < -0.3 is 0 Å². The molecule has 20 heavy (non-hydrogen) atoms. The minimum atomic E-state index is -0.706. The van der Waals surface area contributed by atoms with Crippen LogP contribution in [0, 0.1) is 0 Å². The average molecular weight is 293 g/mol. The Morgan fingerprint density at radius 1 is 0.900 bits per heavy atom. The summed E-state index contributed by atoms with van der Waals surface area (Å²) in [6.45, 7) is 18.3. The van der Waals surface area contributed by atoms with Crippen molar-refractivity contribution in [1.82, 2.24) is 5.32 Å². The molecule has 0 aromatic carbocycles. The Labute approximate surface area is 124 Å². The second-order valence-electron chi connectivity index (χ2n) is 5.82. The molecule has 0 unspecified atom stereocenters. The number of amides is 2. The molecule has 0 aromatic heterocycles. The fourth-order valence-electron chi connectivity index (χ4n) is 2.20. The zero-order chi connectivity index (χ0) is 15.7. The number of hydrogen-bond acceptors (Lipinski definition) is 2. The van der Waals surface area contributed by atoms with Crippen molar-refractivity contribution in [2.75, 3.05) is 0 Å². The maximum absolute atomic E-state index is 10.1. The van der Waals surface area contributed by atoms with Crippen molar-refractivity contribution in [2.45, 2.75) is 51.7 Å². The molecule has 112 valence electrons. The summed E-state index contributed by atoms with van der Waals surface area (Å²) < 4.78 is 0. The van der Waals surface area contributed by atoms with Gasteiger partial charge in [-0.05, 0) is 38.9 Å². The lowest BCUT2D eigenvalue weighted by molar-refractivity contribution is -0.124. The molecule has 4 heteroatoms. The van der Waals surface area contributed by atoms with Crippen LogP contribution in [0.1, 0.15) is 33.6 Å². The lowest BCUT2D eigenvalue weighted by atomic mass is 10.4. The monoisotopic (exact) mass is 293 g/mol. The van der Waals surface area contributed by atoms with E-state index in [1.807, 2.05) is 0 Å². The van der Waals surface area contributed by atoms with Crippen molar-refractivity contribution >= 4 is 20.6 Å². The zero-order valence-electron chi connectivity index (χ0n) is 13.1. The highest BCUT2D eigenvalue weighted by Gasteiger charge is 2.15. The predicted octanol–water partition coefficient (Wildman–Crippen LogP) is 3.36. The summed E-state index contributed by atoms with van der Waals surface area (Å²) >= 11 is 0. The molecule has 2 amide bonds. The fraction of sp³-hybridized carbons (Fsp3) is 0.500. The molecule has 1 saturated heterocycles. The van der Waals surface area contributed by atoms with Crippen LogP contribution in [0.15, 0.2) is 36.5 Å². The van der Waals surface area contributed by atoms with Gasteiger partial charge in [-0.3, -0.25) is 14.9 Å². The number of imide groups is 1. The number of carbonyl (C=O) groups excluding carboxylic acids is 2. The standard InChI is InChI=1S/C12H22Si.C4H5NO2/c1-10(2)7-13(8-11(3)4)9-12(5)6;6-3-1-2-4(7)5-3/h13H,1,3,5,7-9H2,2,4,6H3;1-2H2,(H,5,6,7). The topological polar surface area (TPSA) is 46.2 Å². The van der Waals surface area contributed by atoms with Gasteiger partial charge >= 0.3 is 0 Å². The minimum Gasteiger partial charge on any atom is -0.296 e. The SMILES string of the molecule is C=C(C)C[SiH](CC(=C)C)CC(=C)C.O=C1CCC(=O)N1. The summed E-state index contributed by atoms with van der Waals surface area (Å²) in [4.78, 5) is 20.2. The van der Waals surface area contributed by atoms with Crippen LogP contribution in [0.4, 0.5) is 0 Å². The van der Waals surface area contributed by atoms with E-state index in [1.54, 1.807) is 0 Å². The Bertz CT molecular complexity index is 361. The Kier molecular flexibility index (Phi) is 8.80. The van der Waals surface area contributed by atoms with E-state index in [2.05, 4.69) is 45.8 Å². The van der Waals surface area contributed by atoms with Crippen LogP contribution in [0.2, 0.25) is 18.1 Å². The molecule has 1 rings (SSSR count). The summed E-state index contributed by atoms with van der Waals surface area (Å²) in [6.07, 6.45) is 0.748. The average Bonchev–Trinajstić information content (AvgIpc) is 2.60. The fourth-order valence-corrected chi connectivity index (χ4v) is 5.59. The Morgan fingerprint density at radius 2 is 1.20 bits per heavy atom. The molecule has 3 nitrogen and oxygen atoms in total. The predicted molar refractivity (Wildman–Crippen MR) is 88.4 cm³/mol. The van der Waals surface area contributed by atoms with Crippen LogP contribution in [0.5, 0.6) is 0 Å². The van der Waals surface area contributed by atoms with E-state index in [4.69, 9.17) is 0 Å². The molecule has 1 heterocycles. The van der Waals surface area contributed by atoms with Crippen molar-refractivity contribution in [2.24, 2.45) is 0 Å². The first-order valence-electron chi connectivity index (χ1n) is 6.96. The number of nitrogens with one attached hydrogen (secondary N) is 1. The third kappa shape index (κ3) is 10.5. The van der Waals surface area contributed by atoms with E-state index < -0.39 is 8.80 Å². The smallest absolute Gasteiger partial charge is 0.227 e. The van der Waals surface area contributed by atoms with Crippen molar-refractivity contribution < 1.29 is 9.59 Å². The molecule has 1 fully saturated rings. The molecule has 1 N–H and O–H groups in total. The normalized spacial score (nSPS) is 13.6. The van der Waals surface area contributed by atoms with E-state index in [9.17, 15) is 9.59 Å². The molecule has 1 aliphatic rings. The summed E-state index contributed by atoms with van der Waals surface area (Å²) in [6, 6.07) is 3.71. The van der Waals surface area contributed by atoms with E-state index in [-0.39, 0.29) is 11.8 Å². The van der Waals surface area contributed by atoms with Gasteiger partial charge in [0.15, 0.2) is 0 Å². The van der Waals surface area contributed by atoms with Gasteiger partial charge in [-0.1, -0.05) is 16.7 Å². The maximum atomic E-state index is 10.1. The largest absolute Gasteiger partial charge is 0.296 e. The van der Waals surface area contributed by atoms with Crippen molar-refractivity contribution in [3.05, 3.63) is 36.5 Å². The third-order valence-corrected chi connectivity index (χ3v) is 6.59. The Morgan fingerprint density at radius 3 is 1.35 bits per heavy atom. The first kappa shape index (κ1) is 18.6. The first-order chi connectivity index (χ1) is 9.20. The molecule has 0 aliphatic carbocycles. The van der Waals surface area contributed by atoms with Gasteiger partial charge in [0.1, 0.15) is 0 Å². The van der Waals surface area contributed by atoms with Gasteiger partial charge in [0.25, 0.3) is 0 Å². The molecule has 0 aromatic rings. The molecule has 0 atom stereocenters. The molecular weight excluding hydrogens is 266 g/mol. The lowest BCUT2D eigenvalue weighted by Gasteiger charge is -2.15. The highest BCUT2D eigenvalue weighted by Crippen LogP contribution is 2.18. The van der Waals surface area contributed by atoms with E-state index >= 15 is 0 Å². The van der Waals surface area contributed by atoms with Crippen LogP contribution < -0.4 is 5.32 Å². The van der Waals surface area contributed by atoms with Gasteiger partial charge in [0.05, 0.1) is 0 Å². The highest BCUT2D eigenvalue weighted by molar-refractivity contribution is 6.60. The van der Waals surface area contributed by atoms with Gasteiger partial charge in [-0.15, -0.1) is 19.7 Å². The van der Waals surface area contributed by atoms with Crippen LogP contribution in [-0.4, -0.2) is 20.6 Å². The maximum Gasteiger partial charge on any atom is 0.227 e. The number of carbonyl (C=O) groups is 2. The van der Waals surface area contributed by atoms with E-state index in [0.717, 1.165) is 0 Å². The Hall–Kier alpha value is -1.42. The van der Waals surface area contributed by atoms with Crippen molar-refractivity contribution in [3.63, 3.8) is 0 Å². The second-order valence-corrected chi connectivity index (χ2v) is 8.78. The van der Waals surface area contributed by atoms with Gasteiger partial charge in [-0.2, -0.15) is 0 Å². The van der Waals surface area contributed by atoms with Gasteiger partial charge in [-0.25, -0.2) is 0 Å². The third-order valence-electron chi connectivity index (χ3n) is 2.77.